The van der Waals surface area contributed by atoms with Gasteiger partial charge in [-0.2, -0.15) is 0 Å². The third-order valence-corrected chi connectivity index (χ3v) is 3.13. The number of rotatable bonds is 3. The zero-order valence-corrected chi connectivity index (χ0v) is 11.9. The Bertz CT molecular complexity index is 668. The molecule has 1 aromatic heterocycles. The number of pyridine rings is 1. The molecule has 0 saturated carbocycles. The van der Waals surface area contributed by atoms with Crippen LogP contribution >= 0.6 is 11.6 Å². The van der Waals surface area contributed by atoms with Crippen LogP contribution in [0.1, 0.15) is 16.1 Å². The minimum absolute atomic E-state index is 0.00916. The van der Waals surface area contributed by atoms with Gasteiger partial charge in [0.05, 0.1) is 5.02 Å². The standard InChI is InChI=1S/C14H13ClN4O2/c1-19(14(20)12-7-4-10(15)8-17-12)11-5-2-9(3-6-11)13(16)18-21/h2-8,21H,1H3,(H2,16,18). The number of hydrogen-bond acceptors (Lipinski definition) is 4. The molecule has 2 rings (SSSR count). The minimum atomic E-state index is -0.261. The molecule has 0 aliphatic heterocycles. The van der Waals surface area contributed by atoms with Crippen molar-refractivity contribution in [3.63, 3.8) is 0 Å². The highest BCUT2D eigenvalue weighted by Gasteiger charge is 2.14. The van der Waals surface area contributed by atoms with E-state index >= 15 is 0 Å². The van der Waals surface area contributed by atoms with E-state index in [1.54, 1.807) is 43.4 Å². The lowest BCUT2D eigenvalue weighted by Gasteiger charge is -2.17. The number of nitrogens with zero attached hydrogens (tertiary/aromatic N) is 3. The highest BCUT2D eigenvalue weighted by Crippen LogP contribution is 2.16. The van der Waals surface area contributed by atoms with Crippen molar-refractivity contribution in [2.75, 3.05) is 11.9 Å². The summed E-state index contributed by atoms with van der Waals surface area (Å²) in [6.45, 7) is 0. The monoisotopic (exact) mass is 304 g/mol. The zero-order chi connectivity index (χ0) is 15.4. The first-order valence-corrected chi connectivity index (χ1v) is 6.38. The van der Waals surface area contributed by atoms with E-state index in [2.05, 4.69) is 10.1 Å². The number of anilines is 1. The molecule has 3 N–H and O–H groups in total. The van der Waals surface area contributed by atoms with Crippen molar-refractivity contribution < 1.29 is 10.0 Å². The van der Waals surface area contributed by atoms with Gasteiger partial charge in [0.2, 0.25) is 0 Å². The van der Waals surface area contributed by atoms with E-state index in [1.165, 1.54) is 11.1 Å². The van der Waals surface area contributed by atoms with Crippen molar-refractivity contribution >= 4 is 29.0 Å². The number of carbonyl (C=O) groups is 1. The fraction of sp³-hybridized carbons (Fsp3) is 0.0714. The molecule has 21 heavy (non-hydrogen) atoms. The van der Waals surface area contributed by atoms with Gasteiger partial charge in [0.1, 0.15) is 5.69 Å². The summed E-state index contributed by atoms with van der Waals surface area (Å²) in [7, 11) is 1.64. The average Bonchev–Trinajstić information content (AvgIpc) is 2.53. The Morgan fingerprint density at radius 2 is 1.95 bits per heavy atom. The van der Waals surface area contributed by atoms with E-state index in [-0.39, 0.29) is 11.7 Å². The molecule has 6 nitrogen and oxygen atoms in total. The van der Waals surface area contributed by atoms with Gasteiger partial charge in [0.15, 0.2) is 5.84 Å². The number of amides is 1. The summed E-state index contributed by atoms with van der Waals surface area (Å²) in [6.07, 6.45) is 1.42. The Balaban J connectivity index is 2.21. The molecule has 1 aromatic carbocycles. The molecular weight excluding hydrogens is 292 g/mol. The van der Waals surface area contributed by atoms with Crippen molar-refractivity contribution in [2.45, 2.75) is 0 Å². The van der Waals surface area contributed by atoms with Crippen molar-refractivity contribution in [3.8, 4) is 0 Å². The summed E-state index contributed by atoms with van der Waals surface area (Å²) >= 11 is 5.74. The molecule has 0 aliphatic rings. The van der Waals surface area contributed by atoms with Crippen molar-refractivity contribution in [2.24, 2.45) is 10.9 Å². The van der Waals surface area contributed by atoms with Crippen LogP contribution < -0.4 is 10.6 Å². The van der Waals surface area contributed by atoms with Crippen LogP contribution in [0.15, 0.2) is 47.8 Å². The molecular formula is C14H13ClN4O2. The molecule has 0 bridgehead atoms. The number of carbonyl (C=O) groups excluding carboxylic acids is 1. The molecule has 0 radical (unpaired) electrons. The summed E-state index contributed by atoms with van der Waals surface area (Å²) in [5.41, 5.74) is 7.00. The fourth-order valence-electron chi connectivity index (χ4n) is 1.70. The molecule has 0 fully saturated rings. The predicted molar refractivity (Wildman–Crippen MR) is 80.9 cm³/mol. The van der Waals surface area contributed by atoms with E-state index in [4.69, 9.17) is 22.5 Å². The number of nitrogens with two attached hydrogens (primary N) is 1. The lowest BCUT2D eigenvalue weighted by Crippen LogP contribution is -2.27. The third kappa shape index (κ3) is 3.29. The van der Waals surface area contributed by atoms with Gasteiger partial charge >= 0.3 is 0 Å². The lowest BCUT2D eigenvalue weighted by atomic mass is 10.2. The summed E-state index contributed by atoms with van der Waals surface area (Å²) in [4.78, 5) is 17.7. The van der Waals surface area contributed by atoms with Gasteiger partial charge in [-0.3, -0.25) is 4.79 Å². The number of halogens is 1. The Morgan fingerprint density at radius 1 is 1.29 bits per heavy atom. The largest absolute Gasteiger partial charge is 0.409 e. The van der Waals surface area contributed by atoms with E-state index in [9.17, 15) is 4.79 Å². The molecule has 7 heteroatoms. The first kappa shape index (κ1) is 14.8. The van der Waals surface area contributed by atoms with Crippen molar-refractivity contribution in [3.05, 3.63) is 58.9 Å². The van der Waals surface area contributed by atoms with Crippen LogP contribution in [-0.4, -0.2) is 29.0 Å². The maximum Gasteiger partial charge on any atom is 0.276 e. The molecule has 1 heterocycles. The molecule has 1 amide bonds. The van der Waals surface area contributed by atoms with Crippen LogP contribution in [0, 0.1) is 0 Å². The Kier molecular flexibility index (Phi) is 4.39. The molecule has 0 atom stereocenters. The maximum absolute atomic E-state index is 12.3. The fourth-order valence-corrected chi connectivity index (χ4v) is 1.82. The van der Waals surface area contributed by atoms with Crippen LogP contribution in [0.2, 0.25) is 5.02 Å². The van der Waals surface area contributed by atoms with E-state index in [0.717, 1.165) is 0 Å². The highest BCUT2D eigenvalue weighted by atomic mass is 35.5. The molecule has 0 aliphatic carbocycles. The van der Waals surface area contributed by atoms with Crippen LogP contribution in [0.5, 0.6) is 0 Å². The predicted octanol–water partition coefficient (Wildman–Crippen LogP) is 2.11. The number of hydrogen-bond donors (Lipinski definition) is 2. The summed E-state index contributed by atoms with van der Waals surface area (Å²) in [5.74, 6) is -0.252. The van der Waals surface area contributed by atoms with E-state index in [1.807, 2.05) is 0 Å². The van der Waals surface area contributed by atoms with E-state index < -0.39 is 0 Å². The smallest absolute Gasteiger partial charge is 0.276 e. The summed E-state index contributed by atoms with van der Waals surface area (Å²) in [6, 6.07) is 9.87. The molecule has 0 unspecified atom stereocenters. The van der Waals surface area contributed by atoms with Gasteiger partial charge in [-0.05, 0) is 36.4 Å². The molecule has 108 valence electrons. The van der Waals surface area contributed by atoms with Gasteiger partial charge in [-0.1, -0.05) is 16.8 Å². The lowest BCUT2D eigenvalue weighted by molar-refractivity contribution is 0.0988. The van der Waals surface area contributed by atoms with Gasteiger partial charge in [-0.15, -0.1) is 0 Å². The Labute approximate surface area is 126 Å². The zero-order valence-electron chi connectivity index (χ0n) is 11.2. The number of amidine groups is 1. The minimum Gasteiger partial charge on any atom is -0.409 e. The van der Waals surface area contributed by atoms with Crippen molar-refractivity contribution in [1.82, 2.24) is 4.98 Å². The second-order valence-corrected chi connectivity index (χ2v) is 4.69. The first-order valence-electron chi connectivity index (χ1n) is 6.00. The van der Waals surface area contributed by atoms with Gasteiger partial charge < -0.3 is 15.8 Å². The number of benzene rings is 1. The van der Waals surface area contributed by atoms with Gasteiger partial charge in [-0.25, -0.2) is 4.98 Å². The third-order valence-electron chi connectivity index (χ3n) is 2.91. The van der Waals surface area contributed by atoms with Gasteiger partial charge in [0, 0.05) is 24.5 Å². The van der Waals surface area contributed by atoms with Crippen molar-refractivity contribution in [1.29, 1.82) is 0 Å². The maximum atomic E-state index is 12.3. The average molecular weight is 305 g/mol. The first-order chi connectivity index (χ1) is 10.0. The number of aromatic nitrogens is 1. The second kappa shape index (κ2) is 6.23. The molecule has 2 aromatic rings. The van der Waals surface area contributed by atoms with Gasteiger partial charge in [0.25, 0.3) is 5.91 Å². The van der Waals surface area contributed by atoms with Crippen LogP contribution in [-0.2, 0) is 0 Å². The van der Waals surface area contributed by atoms with Crippen LogP contribution in [0.4, 0.5) is 5.69 Å². The quantitative estimate of drug-likeness (QED) is 0.393. The summed E-state index contributed by atoms with van der Waals surface area (Å²) in [5, 5.41) is 12.0. The Hall–Kier alpha value is -2.60. The highest BCUT2D eigenvalue weighted by molar-refractivity contribution is 6.30. The van der Waals surface area contributed by atoms with Crippen LogP contribution in [0.25, 0.3) is 0 Å². The SMILES string of the molecule is CN(C(=O)c1ccc(Cl)cn1)c1ccc(C(N)=NO)cc1. The molecule has 0 spiro atoms. The topological polar surface area (TPSA) is 91.8 Å². The van der Waals surface area contributed by atoms with Crippen LogP contribution in [0.3, 0.4) is 0 Å². The Morgan fingerprint density at radius 3 is 2.48 bits per heavy atom. The number of oxime groups is 1. The molecule has 0 saturated heterocycles. The second-order valence-electron chi connectivity index (χ2n) is 4.26. The normalized spacial score (nSPS) is 11.2. The summed E-state index contributed by atoms with van der Waals surface area (Å²) < 4.78 is 0. The van der Waals surface area contributed by atoms with E-state index in [0.29, 0.717) is 22.0 Å².